The normalized spacial score (nSPS) is 12.2. The quantitative estimate of drug-likeness (QED) is 0.393. The van der Waals surface area contributed by atoms with Gasteiger partial charge in [-0.2, -0.15) is 26.3 Å². The average molecular weight is 176 g/mol. The maximum Gasteiger partial charge on any atom is 0.457 e. The predicted molar refractivity (Wildman–Crippen MR) is 24.5 cm³/mol. The molecule has 0 aromatic rings. The van der Waals surface area contributed by atoms with Crippen LogP contribution in [-0.2, 0) is 0 Å². The molecule has 0 heterocycles. The Balaban J connectivity index is 3.94. The first-order valence-corrected chi connectivity index (χ1v) is 2.34. The van der Waals surface area contributed by atoms with Crippen LogP contribution in [0.1, 0.15) is 6.42 Å². The SMILES string of the molecule is FC(F)(F)C#CCC(F)(F)F. The Kier molecular flexibility index (Phi) is 2.79. The van der Waals surface area contributed by atoms with E-state index in [4.69, 9.17) is 0 Å². The smallest absolute Gasteiger partial charge is 0.170 e. The zero-order valence-corrected chi connectivity index (χ0v) is 4.97. The molecular formula is C5H2F6. The van der Waals surface area contributed by atoms with Crippen molar-refractivity contribution in [1.29, 1.82) is 0 Å². The standard InChI is InChI=1S/C5H2F6/c6-4(7,8)2-1-3-5(9,10)11/h2H2. The molecule has 0 amide bonds. The molecule has 0 unspecified atom stereocenters. The van der Waals surface area contributed by atoms with Gasteiger partial charge in [-0.05, 0) is 0 Å². The molecule has 0 aliphatic rings. The number of halogens is 6. The molecule has 0 atom stereocenters. The molecule has 0 bridgehead atoms. The van der Waals surface area contributed by atoms with Crippen LogP contribution in [0.3, 0.4) is 0 Å². The molecule has 0 aromatic carbocycles. The van der Waals surface area contributed by atoms with Crippen molar-refractivity contribution in [3.05, 3.63) is 0 Å². The first-order valence-electron chi connectivity index (χ1n) is 2.34. The Hall–Kier alpha value is -0.860. The Morgan fingerprint density at radius 1 is 0.909 bits per heavy atom. The minimum absolute atomic E-state index is 0.508. The second kappa shape index (κ2) is 3.03. The van der Waals surface area contributed by atoms with Crippen molar-refractivity contribution < 1.29 is 26.3 Å². The summed E-state index contributed by atoms with van der Waals surface area (Å²) in [7, 11) is 0. The summed E-state index contributed by atoms with van der Waals surface area (Å²) in [5, 5.41) is 0. The van der Waals surface area contributed by atoms with Crippen molar-refractivity contribution in [3.63, 3.8) is 0 Å². The molecule has 0 saturated carbocycles. The largest absolute Gasteiger partial charge is 0.457 e. The van der Waals surface area contributed by atoms with Crippen LogP contribution in [0.4, 0.5) is 26.3 Å². The average Bonchev–Trinajstić information content (AvgIpc) is 1.55. The molecule has 0 aliphatic heterocycles. The van der Waals surface area contributed by atoms with Crippen LogP contribution in [-0.4, -0.2) is 12.4 Å². The highest BCUT2D eigenvalue weighted by Crippen LogP contribution is 2.19. The van der Waals surface area contributed by atoms with Gasteiger partial charge in [-0.1, -0.05) is 5.92 Å². The third kappa shape index (κ3) is 9.14. The highest BCUT2D eigenvalue weighted by Gasteiger charge is 2.27. The van der Waals surface area contributed by atoms with Gasteiger partial charge in [0.2, 0.25) is 0 Å². The van der Waals surface area contributed by atoms with Crippen molar-refractivity contribution in [3.8, 4) is 11.8 Å². The van der Waals surface area contributed by atoms with Gasteiger partial charge in [-0.25, -0.2) is 0 Å². The lowest BCUT2D eigenvalue weighted by Crippen LogP contribution is -2.07. The fraction of sp³-hybridized carbons (Fsp3) is 0.600. The van der Waals surface area contributed by atoms with Gasteiger partial charge in [0.1, 0.15) is 6.42 Å². The van der Waals surface area contributed by atoms with Gasteiger partial charge < -0.3 is 0 Å². The van der Waals surface area contributed by atoms with E-state index in [0.717, 1.165) is 5.92 Å². The van der Waals surface area contributed by atoms with Gasteiger partial charge in [-0.3, -0.25) is 0 Å². The zero-order valence-electron chi connectivity index (χ0n) is 4.97. The second-order valence-electron chi connectivity index (χ2n) is 1.59. The summed E-state index contributed by atoms with van der Waals surface area (Å²) in [5.74, 6) is 1.47. The third-order valence-electron chi connectivity index (χ3n) is 0.519. The minimum atomic E-state index is -4.84. The topological polar surface area (TPSA) is 0 Å². The van der Waals surface area contributed by atoms with E-state index in [9.17, 15) is 26.3 Å². The van der Waals surface area contributed by atoms with Crippen molar-refractivity contribution in [2.45, 2.75) is 18.8 Å². The number of alkyl halides is 6. The molecule has 0 rings (SSSR count). The monoisotopic (exact) mass is 176 g/mol. The van der Waals surface area contributed by atoms with Crippen LogP contribution in [0.15, 0.2) is 0 Å². The van der Waals surface area contributed by atoms with Crippen LogP contribution >= 0.6 is 0 Å². The molecule has 11 heavy (non-hydrogen) atoms. The maximum atomic E-state index is 11.2. The molecule has 0 spiro atoms. The lowest BCUT2D eigenvalue weighted by Gasteiger charge is -1.98. The maximum absolute atomic E-state index is 11.2. The number of rotatable bonds is 0. The molecule has 64 valence electrons. The molecule has 0 N–H and O–H groups in total. The van der Waals surface area contributed by atoms with E-state index in [1.165, 1.54) is 0 Å². The van der Waals surface area contributed by atoms with Crippen LogP contribution in [0.5, 0.6) is 0 Å². The van der Waals surface area contributed by atoms with E-state index >= 15 is 0 Å². The van der Waals surface area contributed by atoms with E-state index < -0.39 is 18.8 Å². The van der Waals surface area contributed by atoms with Crippen molar-refractivity contribution >= 4 is 0 Å². The van der Waals surface area contributed by atoms with Gasteiger partial charge >= 0.3 is 12.4 Å². The molecule has 0 aromatic heterocycles. The summed E-state index contributed by atoms with van der Waals surface area (Å²) in [4.78, 5) is 0. The van der Waals surface area contributed by atoms with E-state index in [-0.39, 0.29) is 0 Å². The predicted octanol–water partition coefficient (Wildman–Crippen LogP) is 2.50. The van der Waals surface area contributed by atoms with Crippen LogP contribution in [0.2, 0.25) is 0 Å². The Labute approximate surface area is 58.2 Å². The lowest BCUT2D eigenvalue weighted by molar-refractivity contribution is -0.123. The van der Waals surface area contributed by atoms with E-state index in [1.807, 2.05) is 0 Å². The summed E-state index contributed by atoms with van der Waals surface area (Å²) in [6.07, 6.45) is -11.2. The molecule has 6 heteroatoms. The van der Waals surface area contributed by atoms with E-state index in [0.29, 0.717) is 5.92 Å². The van der Waals surface area contributed by atoms with Gasteiger partial charge in [0.05, 0.1) is 0 Å². The third-order valence-corrected chi connectivity index (χ3v) is 0.519. The van der Waals surface area contributed by atoms with Gasteiger partial charge in [0, 0.05) is 5.92 Å². The van der Waals surface area contributed by atoms with E-state index in [1.54, 1.807) is 0 Å². The first-order chi connectivity index (χ1) is 4.71. The van der Waals surface area contributed by atoms with Gasteiger partial charge in [0.25, 0.3) is 0 Å². The molecular weight excluding hydrogens is 174 g/mol. The van der Waals surface area contributed by atoms with Gasteiger partial charge in [-0.15, -0.1) is 0 Å². The second-order valence-corrected chi connectivity index (χ2v) is 1.59. The van der Waals surface area contributed by atoms with Gasteiger partial charge in [0.15, 0.2) is 0 Å². The Morgan fingerprint density at radius 2 is 1.36 bits per heavy atom. The van der Waals surface area contributed by atoms with Crippen LogP contribution in [0, 0.1) is 11.8 Å². The van der Waals surface area contributed by atoms with Crippen molar-refractivity contribution in [1.82, 2.24) is 0 Å². The Bertz CT molecular complexity index is 174. The molecule has 0 nitrogen and oxygen atoms in total. The molecule has 0 saturated heterocycles. The van der Waals surface area contributed by atoms with Crippen LogP contribution < -0.4 is 0 Å². The molecule has 0 radical (unpaired) electrons. The van der Waals surface area contributed by atoms with Crippen molar-refractivity contribution in [2.24, 2.45) is 0 Å². The minimum Gasteiger partial charge on any atom is -0.170 e. The first kappa shape index (κ1) is 10.1. The summed E-state index contributed by atoms with van der Waals surface area (Å²) < 4.78 is 66.8. The summed E-state index contributed by atoms with van der Waals surface area (Å²) >= 11 is 0. The lowest BCUT2D eigenvalue weighted by atomic mass is 10.4. The summed E-state index contributed by atoms with van der Waals surface area (Å²) in [6.45, 7) is 0. The van der Waals surface area contributed by atoms with Crippen LogP contribution in [0.25, 0.3) is 0 Å². The highest BCUT2D eigenvalue weighted by molar-refractivity contribution is 5.05. The fourth-order valence-corrected chi connectivity index (χ4v) is 0.245. The Morgan fingerprint density at radius 3 is 1.64 bits per heavy atom. The van der Waals surface area contributed by atoms with E-state index in [2.05, 4.69) is 0 Å². The van der Waals surface area contributed by atoms with Crippen molar-refractivity contribution in [2.75, 3.05) is 0 Å². The number of hydrogen-bond acceptors (Lipinski definition) is 0. The fourth-order valence-electron chi connectivity index (χ4n) is 0.245. The highest BCUT2D eigenvalue weighted by atomic mass is 19.4. The summed E-state index contributed by atoms with van der Waals surface area (Å²) in [6, 6.07) is 0. The molecule has 0 fully saturated rings. The molecule has 0 aliphatic carbocycles. The zero-order chi connectivity index (χ0) is 9.12. The number of hydrogen-bond donors (Lipinski definition) is 0. The summed E-state index contributed by atoms with van der Waals surface area (Å²) in [5.41, 5.74) is 0.